The van der Waals surface area contributed by atoms with Crippen LogP contribution in [-0.2, 0) is 4.79 Å². The number of hydrogen-bond donors (Lipinski definition) is 1. The summed E-state index contributed by atoms with van der Waals surface area (Å²) in [5, 5.41) is 3.11. The van der Waals surface area contributed by atoms with Crippen LogP contribution < -0.4 is 10.1 Å². The molecule has 0 aliphatic heterocycles. The van der Waals surface area contributed by atoms with E-state index in [1.165, 1.54) is 6.42 Å². The number of nitrogens with one attached hydrogen (secondary N) is 1. The molecular weight excluding hydrogens is 310 g/mol. The van der Waals surface area contributed by atoms with Crippen LogP contribution in [0.3, 0.4) is 0 Å². The van der Waals surface area contributed by atoms with Gasteiger partial charge in [0.1, 0.15) is 5.75 Å². The van der Waals surface area contributed by atoms with Crippen molar-refractivity contribution in [2.75, 3.05) is 12.4 Å². The highest BCUT2D eigenvalue weighted by Crippen LogP contribution is 2.48. The maximum atomic E-state index is 12.9. The van der Waals surface area contributed by atoms with E-state index in [2.05, 4.69) is 46.9 Å². The molecule has 2 rings (SSSR count). The largest absolute Gasteiger partial charge is 0.497 e. The number of benzene rings is 1. The fraction of sp³-hybridized carbons (Fsp3) is 0.682. The molecule has 3 nitrogen and oxygen atoms in total. The number of hydrogen-bond acceptors (Lipinski definition) is 2. The standard InChI is InChI=1S/C22H35NO2/c1-21(2,3)16-12-15(13-17(14-16)22(4,5)6)20(24)23-18-8-10-19(25-7)11-9-18/h8-11,15-17H,12-14H2,1-7H3,(H,23,24)/t16-,17-/m1/s1. The first kappa shape index (κ1) is 19.8. The van der Waals surface area contributed by atoms with Crippen LogP contribution in [0.15, 0.2) is 24.3 Å². The normalized spacial score (nSPS) is 24.7. The Morgan fingerprint density at radius 1 is 0.920 bits per heavy atom. The molecule has 0 saturated heterocycles. The van der Waals surface area contributed by atoms with Gasteiger partial charge in [0, 0.05) is 11.6 Å². The first-order valence-corrected chi connectivity index (χ1v) is 9.45. The molecule has 0 aromatic heterocycles. The van der Waals surface area contributed by atoms with Gasteiger partial charge in [-0.2, -0.15) is 0 Å². The maximum absolute atomic E-state index is 12.9. The first-order chi connectivity index (χ1) is 11.5. The fourth-order valence-electron chi connectivity index (χ4n) is 3.87. The van der Waals surface area contributed by atoms with Crippen LogP contribution in [0.1, 0.15) is 60.8 Å². The van der Waals surface area contributed by atoms with Crippen LogP contribution >= 0.6 is 0 Å². The number of methoxy groups -OCH3 is 1. The summed E-state index contributed by atoms with van der Waals surface area (Å²) >= 11 is 0. The van der Waals surface area contributed by atoms with E-state index in [-0.39, 0.29) is 22.7 Å². The summed E-state index contributed by atoms with van der Waals surface area (Å²) in [5.41, 5.74) is 1.32. The number of carbonyl (C=O) groups is 1. The average Bonchev–Trinajstić information content (AvgIpc) is 2.53. The van der Waals surface area contributed by atoms with Crippen LogP contribution in [0.2, 0.25) is 0 Å². The molecule has 1 aliphatic carbocycles. The van der Waals surface area contributed by atoms with Crippen molar-refractivity contribution >= 4 is 11.6 Å². The summed E-state index contributed by atoms with van der Waals surface area (Å²) in [7, 11) is 1.65. The predicted octanol–water partition coefficient (Wildman–Crippen LogP) is 5.76. The average molecular weight is 346 g/mol. The van der Waals surface area contributed by atoms with Crippen LogP contribution in [0.5, 0.6) is 5.75 Å². The molecule has 0 heterocycles. The van der Waals surface area contributed by atoms with Crippen molar-refractivity contribution in [3.63, 3.8) is 0 Å². The van der Waals surface area contributed by atoms with E-state index in [1.54, 1.807) is 7.11 Å². The van der Waals surface area contributed by atoms with Crippen molar-refractivity contribution in [3.05, 3.63) is 24.3 Å². The summed E-state index contributed by atoms with van der Waals surface area (Å²) in [6, 6.07) is 7.57. The fourth-order valence-corrected chi connectivity index (χ4v) is 3.87. The smallest absolute Gasteiger partial charge is 0.227 e. The Morgan fingerprint density at radius 2 is 1.40 bits per heavy atom. The van der Waals surface area contributed by atoms with Crippen molar-refractivity contribution in [3.8, 4) is 5.75 Å². The Labute approximate surface area is 153 Å². The zero-order chi connectivity index (χ0) is 18.8. The molecule has 0 spiro atoms. The van der Waals surface area contributed by atoms with E-state index >= 15 is 0 Å². The highest BCUT2D eigenvalue weighted by molar-refractivity contribution is 5.92. The second-order valence-electron chi connectivity index (χ2n) is 9.75. The predicted molar refractivity (Wildman–Crippen MR) is 105 cm³/mol. The summed E-state index contributed by atoms with van der Waals surface area (Å²) < 4.78 is 5.18. The lowest BCUT2D eigenvalue weighted by Gasteiger charge is -2.45. The van der Waals surface area contributed by atoms with Gasteiger partial charge in [-0.15, -0.1) is 0 Å². The molecule has 1 amide bonds. The Balaban J connectivity index is 2.12. The van der Waals surface area contributed by atoms with Gasteiger partial charge >= 0.3 is 0 Å². The van der Waals surface area contributed by atoms with Gasteiger partial charge in [-0.1, -0.05) is 41.5 Å². The molecule has 0 bridgehead atoms. The molecule has 1 aromatic rings. The van der Waals surface area contributed by atoms with Gasteiger partial charge in [-0.05, 0) is 66.2 Å². The molecule has 2 atom stereocenters. The van der Waals surface area contributed by atoms with E-state index in [4.69, 9.17) is 4.74 Å². The quantitative estimate of drug-likeness (QED) is 0.756. The Bertz CT molecular complexity index is 556. The second-order valence-corrected chi connectivity index (χ2v) is 9.75. The summed E-state index contributed by atoms with van der Waals surface area (Å²) in [5.74, 6) is 2.21. The van der Waals surface area contributed by atoms with E-state index in [1.807, 2.05) is 24.3 Å². The van der Waals surface area contributed by atoms with Crippen molar-refractivity contribution in [2.45, 2.75) is 60.8 Å². The van der Waals surface area contributed by atoms with E-state index in [9.17, 15) is 4.79 Å². The van der Waals surface area contributed by atoms with E-state index in [0.717, 1.165) is 24.3 Å². The van der Waals surface area contributed by atoms with Gasteiger partial charge in [0.25, 0.3) is 0 Å². The zero-order valence-corrected chi connectivity index (χ0v) is 17.0. The third-order valence-corrected chi connectivity index (χ3v) is 5.88. The zero-order valence-electron chi connectivity index (χ0n) is 17.0. The van der Waals surface area contributed by atoms with Crippen LogP contribution in [0.25, 0.3) is 0 Å². The van der Waals surface area contributed by atoms with Crippen molar-refractivity contribution in [1.82, 2.24) is 0 Å². The van der Waals surface area contributed by atoms with Crippen molar-refractivity contribution in [1.29, 1.82) is 0 Å². The monoisotopic (exact) mass is 345 g/mol. The highest BCUT2D eigenvalue weighted by atomic mass is 16.5. The molecule has 1 fully saturated rings. The highest BCUT2D eigenvalue weighted by Gasteiger charge is 2.41. The lowest BCUT2D eigenvalue weighted by molar-refractivity contribution is -0.123. The molecule has 25 heavy (non-hydrogen) atoms. The molecule has 140 valence electrons. The van der Waals surface area contributed by atoms with E-state index in [0.29, 0.717) is 11.8 Å². The number of ether oxygens (including phenoxy) is 1. The third-order valence-electron chi connectivity index (χ3n) is 5.88. The van der Waals surface area contributed by atoms with Crippen molar-refractivity contribution < 1.29 is 9.53 Å². The molecule has 1 aliphatic rings. The van der Waals surface area contributed by atoms with Crippen LogP contribution in [-0.4, -0.2) is 13.0 Å². The number of carbonyl (C=O) groups excluding carboxylic acids is 1. The molecule has 1 aromatic carbocycles. The minimum atomic E-state index is 0.0873. The Morgan fingerprint density at radius 3 is 1.80 bits per heavy atom. The number of amides is 1. The number of rotatable bonds is 3. The van der Waals surface area contributed by atoms with Gasteiger partial charge < -0.3 is 10.1 Å². The van der Waals surface area contributed by atoms with E-state index < -0.39 is 0 Å². The molecule has 0 radical (unpaired) electrons. The molecule has 1 N–H and O–H groups in total. The van der Waals surface area contributed by atoms with Gasteiger partial charge in [0.05, 0.1) is 7.11 Å². The molecule has 1 saturated carbocycles. The minimum Gasteiger partial charge on any atom is -0.497 e. The Hall–Kier alpha value is -1.51. The lowest BCUT2D eigenvalue weighted by atomic mass is 9.60. The summed E-state index contributed by atoms with van der Waals surface area (Å²) in [6.45, 7) is 13.8. The first-order valence-electron chi connectivity index (χ1n) is 9.45. The topological polar surface area (TPSA) is 38.3 Å². The minimum absolute atomic E-state index is 0.0873. The van der Waals surface area contributed by atoms with Crippen molar-refractivity contribution in [2.24, 2.45) is 28.6 Å². The Kier molecular flexibility index (Phi) is 5.86. The molecule has 3 heteroatoms. The van der Waals surface area contributed by atoms with Gasteiger partial charge in [-0.25, -0.2) is 0 Å². The molecule has 0 unspecified atom stereocenters. The van der Waals surface area contributed by atoms with Crippen LogP contribution in [0.4, 0.5) is 5.69 Å². The molecular formula is C22H35NO2. The second kappa shape index (κ2) is 7.39. The lowest BCUT2D eigenvalue weighted by Crippen LogP contribution is -2.40. The number of anilines is 1. The summed E-state index contributed by atoms with van der Waals surface area (Å²) in [6.07, 6.45) is 3.19. The SMILES string of the molecule is COc1ccc(NC(=O)C2C[C@@H](C(C)(C)C)C[C@H](C(C)(C)C)C2)cc1. The van der Waals surface area contributed by atoms with Gasteiger partial charge in [0.15, 0.2) is 0 Å². The van der Waals surface area contributed by atoms with Gasteiger partial charge in [0.2, 0.25) is 5.91 Å². The third kappa shape index (κ3) is 5.23. The maximum Gasteiger partial charge on any atom is 0.227 e. The van der Waals surface area contributed by atoms with Crippen LogP contribution in [0, 0.1) is 28.6 Å². The van der Waals surface area contributed by atoms with Gasteiger partial charge in [-0.3, -0.25) is 4.79 Å². The summed E-state index contributed by atoms with van der Waals surface area (Å²) in [4.78, 5) is 12.9.